The van der Waals surface area contributed by atoms with E-state index in [0.717, 1.165) is 0 Å². The Kier molecular flexibility index (Phi) is 2.48. The van der Waals surface area contributed by atoms with Gasteiger partial charge in [0.15, 0.2) is 0 Å². The molecule has 1 N–H and O–H groups in total. The molecule has 0 saturated heterocycles. The lowest BCUT2D eigenvalue weighted by Crippen LogP contribution is -2.29. The van der Waals surface area contributed by atoms with Crippen LogP contribution in [0.4, 0.5) is 0 Å². The van der Waals surface area contributed by atoms with Crippen molar-refractivity contribution in [1.82, 2.24) is 0 Å². The third kappa shape index (κ3) is 1.22. The summed E-state index contributed by atoms with van der Waals surface area (Å²) < 4.78 is 0. The maximum Gasteiger partial charge on any atom is 0.0484 e. The van der Waals surface area contributed by atoms with E-state index in [-0.39, 0.29) is 7.43 Å². The van der Waals surface area contributed by atoms with E-state index in [1.165, 1.54) is 19.3 Å². The van der Waals surface area contributed by atoms with Crippen molar-refractivity contribution >= 4 is 0 Å². The van der Waals surface area contributed by atoms with Crippen molar-refractivity contribution in [2.45, 2.75) is 33.6 Å². The van der Waals surface area contributed by atoms with Crippen molar-refractivity contribution in [1.29, 1.82) is 0 Å². The fourth-order valence-electron chi connectivity index (χ4n) is 0.938. The number of rotatable bonds is 1. The summed E-state index contributed by atoms with van der Waals surface area (Å²) in [7, 11) is 0. The summed E-state index contributed by atoms with van der Waals surface area (Å²) in [6.07, 6.45) is 3.77. The van der Waals surface area contributed by atoms with Gasteiger partial charge in [-0.05, 0) is 18.3 Å². The number of hydrogen-bond acceptors (Lipinski definition) is 1. The first kappa shape index (κ1) is 7.96. The standard InChI is InChI=1S/C6H12O.CH4/c1-6(5-7)3-2-4-6;/h7H,2-5H2,1H3;1H4. The first-order valence-electron chi connectivity index (χ1n) is 2.88. The van der Waals surface area contributed by atoms with Crippen molar-refractivity contribution < 1.29 is 5.11 Å². The molecule has 1 rings (SSSR count). The SMILES string of the molecule is C.CC1(CO)CCC1. The van der Waals surface area contributed by atoms with Gasteiger partial charge in [-0.15, -0.1) is 0 Å². The number of aliphatic hydroxyl groups excluding tert-OH is 1. The van der Waals surface area contributed by atoms with Crippen molar-refractivity contribution in [2.24, 2.45) is 5.41 Å². The van der Waals surface area contributed by atoms with Crippen molar-refractivity contribution in [3.63, 3.8) is 0 Å². The quantitative estimate of drug-likeness (QED) is 0.554. The van der Waals surface area contributed by atoms with Crippen molar-refractivity contribution in [3.8, 4) is 0 Å². The Balaban J connectivity index is 0.000000490. The zero-order chi connectivity index (χ0) is 5.33. The highest BCUT2D eigenvalue weighted by Gasteiger charge is 2.30. The first-order valence-corrected chi connectivity index (χ1v) is 2.88. The van der Waals surface area contributed by atoms with E-state index in [1.54, 1.807) is 0 Å². The minimum Gasteiger partial charge on any atom is -0.396 e. The van der Waals surface area contributed by atoms with Gasteiger partial charge >= 0.3 is 0 Å². The highest BCUT2D eigenvalue weighted by atomic mass is 16.3. The molecule has 1 aliphatic rings. The van der Waals surface area contributed by atoms with E-state index in [1.807, 2.05) is 0 Å². The summed E-state index contributed by atoms with van der Waals surface area (Å²) in [5.41, 5.74) is 0.319. The Morgan fingerprint density at radius 3 is 2.00 bits per heavy atom. The van der Waals surface area contributed by atoms with Gasteiger partial charge in [0.1, 0.15) is 0 Å². The molecule has 1 aliphatic carbocycles. The summed E-state index contributed by atoms with van der Waals surface area (Å²) >= 11 is 0. The van der Waals surface area contributed by atoms with Crippen molar-refractivity contribution in [3.05, 3.63) is 0 Å². The molecule has 0 aromatic rings. The second-order valence-corrected chi connectivity index (χ2v) is 2.82. The molecule has 0 spiro atoms. The van der Waals surface area contributed by atoms with Gasteiger partial charge in [0.05, 0.1) is 0 Å². The molecule has 0 heterocycles. The molecule has 1 fully saturated rings. The molecule has 0 atom stereocenters. The molecule has 1 nitrogen and oxygen atoms in total. The predicted octanol–water partition coefficient (Wildman–Crippen LogP) is 1.80. The van der Waals surface area contributed by atoms with Crippen LogP contribution in [0.1, 0.15) is 33.6 Å². The van der Waals surface area contributed by atoms with E-state index in [4.69, 9.17) is 5.11 Å². The molecule has 0 aliphatic heterocycles. The summed E-state index contributed by atoms with van der Waals surface area (Å²) in [5.74, 6) is 0. The van der Waals surface area contributed by atoms with E-state index >= 15 is 0 Å². The van der Waals surface area contributed by atoms with Crippen LogP contribution >= 0.6 is 0 Å². The number of aliphatic hydroxyl groups is 1. The minimum atomic E-state index is 0. The van der Waals surface area contributed by atoms with E-state index in [0.29, 0.717) is 12.0 Å². The molecule has 1 heteroatoms. The molecular weight excluding hydrogens is 100 g/mol. The van der Waals surface area contributed by atoms with Crippen LogP contribution in [0.15, 0.2) is 0 Å². The molecule has 8 heavy (non-hydrogen) atoms. The minimum absolute atomic E-state index is 0. The normalized spacial score (nSPS) is 23.2. The highest BCUT2D eigenvalue weighted by molar-refractivity contribution is 4.81. The lowest BCUT2D eigenvalue weighted by molar-refractivity contribution is 0.0637. The average molecular weight is 116 g/mol. The molecule has 0 bridgehead atoms. The van der Waals surface area contributed by atoms with Crippen molar-refractivity contribution in [2.75, 3.05) is 6.61 Å². The van der Waals surface area contributed by atoms with E-state index in [2.05, 4.69) is 6.92 Å². The fourth-order valence-corrected chi connectivity index (χ4v) is 0.938. The summed E-state index contributed by atoms with van der Waals surface area (Å²) in [6, 6.07) is 0. The smallest absolute Gasteiger partial charge is 0.0484 e. The third-order valence-electron chi connectivity index (χ3n) is 1.94. The largest absolute Gasteiger partial charge is 0.396 e. The fraction of sp³-hybridized carbons (Fsp3) is 1.00. The molecule has 0 radical (unpaired) electrons. The lowest BCUT2D eigenvalue weighted by atomic mass is 9.71. The molecule has 1 saturated carbocycles. The van der Waals surface area contributed by atoms with Gasteiger partial charge in [-0.1, -0.05) is 20.8 Å². The van der Waals surface area contributed by atoms with Crippen LogP contribution in [-0.4, -0.2) is 11.7 Å². The van der Waals surface area contributed by atoms with Gasteiger partial charge in [0.2, 0.25) is 0 Å². The monoisotopic (exact) mass is 116 g/mol. The van der Waals surface area contributed by atoms with Crippen LogP contribution in [0.25, 0.3) is 0 Å². The maximum absolute atomic E-state index is 8.65. The van der Waals surface area contributed by atoms with E-state index in [9.17, 15) is 0 Å². The average Bonchev–Trinajstić information content (AvgIpc) is 1.61. The van der Waals surface area contributed by atoms with Crippen LogP contribution in [-0.2, 0) is 0 Å². The van der Waals surface area contributed by atoms with Crippen LogP contribution < -0.4 is 0 Å². The maximum atomic E-state index is 8.65. The number of hydrogen-bond donors (Lipinski definition) is 1. The Morgan fingerprint density at radius 1 is 1.50 bits per heavy atom. The lowest BCUT2D eigenvalue weighted by Gasteiger charge is -2.36. The van der Waals surface area contributed by atoms with Gasteiger partial charge in [-0.3, -0.25) is 0 Å². The Labute approximate surface area is 51.7 Å². The summed E-state index contributed by atoms with van der Waals surface area (Å²) in [5, 5.41) is 8.65. The van der Waals surface area contributed by atoms with E-state index < -0.39 is 0 Å². The Hall–Kier alpha value is -0.0400. The molecule has 0 aromatic carbocycles. The molecule has 0 unspecified atom stereocenters. The van der Waals surface area contributed by atoms with Crippen LogP contribution in [0.2, 0.25) is 0 Å². The summed E-state index contributed by atoms with van der Waals surface area (Å²) in [4.78, 5) is 0. The second-order valence-electron chi connectivity index (χ2n) is 2.82. The van der Waals surface area contributed by atoms with Gasteiger partial charge in [-0.25, -0.2) is 0 Å². The Morgan fingerprint density at radius 2 is 2.00 bits per heavy atom. The molecular formula is C7H16O. The zero-order valence-electron chi connectivity index (χ0n) is 4.78. The van der Waals surface area contributed by atoms with Gasteiger partial charge < -0.3 is 5.11 Å². The highest BCUT2D eigenvalue weighted by Crippen LogP contribution is 2.39. The van der Waals surface area contributed by atoms with Crippen LogP contribution in [0.5, 0.6) is 0 Å². The molecule has 50 valence electrons. The van der Waals surface area contributed by atoms with Crippen LogP contribution in [0.3, 0.4) is 0 Å². The third-order valence-corrected chi connectivity index (χ3v) is 1.94. The second kappa shape index (κ2) is 2.49. The molecule has 0 aromatic heterocycles. The first-order chi connectivity index (χ1) is 3.27. The van der Waals surface area contributed by atoms with Gasteiger partial charge in [0.25, 0.3) is 0 Å². The van der Waals surface area contributed by atoms with Gasteiger partial charge in [0, 0.05) is 6.61 Å². The van der Waals surface area contributed by atoms with Crippen LogP contribution in [0, 0.1) is 5.41 Å². The summed E-state index contributed by atoms with van der Waals surface area (Å²) in [6.45, 7) is 2.52. The topological polar surface area (TPSA) is 20.2 Å². The predicted molar refractivity (Wildman–Crippen MR) is 35.8 cm³/mol. The Bertz CT molecular complexity index is 59.3. The van der Waals surface area contributed by atoms with Gasteiger partial charge in [-0.2, -0.15) is 0 Å². The zero-order valence-corrected chi connectivity index (χ0v) is 4.78. The molecule has 0 amide bonds.